The van der Waals surface area contributed by atoms with Crippen molar-refractivity contribution in [3.63, 3.8) is 0 Å². The third-order valence-electron chi connectivity index (χ3n) is 3.03. The molecule has 0 aromatic heterocycles. The molecule has 2 saturated heterocycles. The van der Waals surface area contributed by atoms with Crippen LogP contribution in [0.3, 0.4) is 0 Å². The van der Waals surface area contributed by atoms with Crippen LogP contribution in [-0.4, -0.2) is 64.8 Å². The summed E-state index contributed by atoms with van der Waals surface area (Å²) in [4.78, 5) is 22.5. The molecule has 0 bridgehead atoms. The van der Waals surface area contributed by atoms with Crippen molar-refractivity contribution < 1.29 is 45.3 Å². The van der Waals surface area contributed by atoms with Gasteiger partial charge in [-0.15, -0.1) is 0 Å². The highest BCUT2D eigenvalue weighted by atomic mass is 32.3. The Morgan fingerprint density at radius 1 is 1.09 bits per heavy atom. The van der Waals surface area contributed by atoms with E-state index in [0.717, 1.165) is 13.8 Å². The lowest BCUT2D eigenvalue weighted by Gasteiger charge is -2.45. The number of carbonyl (C=O) groups excluding carboxylic acids is 2. The van der Waals surface area contributed by atoms with Gasteiger partial charge >= 0.3 is 22.3 Å². The standard InChI is InChI=1S/C11H16O10S/c1-5(12)18-9-8-7(4-17-22(14,15)21-8)20-11(16-3)10(9)19-6(2)13/h7-11H,4H2,1-3H3/t7-,8-,9+,10-,11+/m1/s1. The van der Waals surface area contributed by atoms with Crippen LogP contribution in [0.1, 0.15) is 13.8 Å². The van der Waals surface area contributed by atoms with Crippen LogP contribution in [0.4, 0.5) is 0 Å². The van der Waals surface area contributed by atoms with Crippen molar-refractivity contribution in [3.8, 4) is 0 Å². The minimum atomic E-state index is -4.25. The minimum Gasteiger partial charge on any atom is -0.455 e. The highest BCUT2D eigenvalue weighted by Crippen LogP contribution is 2.32. The summed E-state index contributed by atoms with van der Waals surface area (Å²) in [5, 5.41) is 0. The topological polar surface area (TPSA) is 124 Å². The Morgan fingerprint density at radius 3 is 2.23 bits per heavy atom. The van der Waals surface area contributed by atoms with E-state index in [1.54, 1.807) is 0 Å². The molecule has 0 N–H and O–H groups in total. The van der Waals surface area contributed by atoms with Gasteiger partial charge in [0.25, 0.3) is 0 Å². The number of methoxy groups -OCH3 is 1. The Bertz CT molecular complexity index is 543. The molecule has 2 heterocycles. The molecule has 2 aliphatic rings. The SMILES string of the molecule is CO[C@H]1O[C@@H]2COS(=O)(=O)O[C@H]2[C@H](OC(C)=O)[C@H]1OC(C)=O. The van der Waals surface area contributed by atoms with Gasteiger partial charge in [0.15, 0.2) is 18.5 Å². The molecule has 2 rings (SSSR count). The zero-order chi connectivity index (χ0) is 16.5. The van der Waals surface area contributed by atoms with E-state index in [0.29, 0.717) is 0 Å². The molecule has 2 aliphatic heterocycles. The Labute approximate surface area is 126 Å². The van der Waals surface area contributed by atoms with Gasteiger partial charge in [-0.3, -0.25) is 9.59 Å². The lowest BCUT2D eigenvalue weighted by molar-refractivity contribution is -0.300. The lowest BCUT2D eigenvalue weighted by Crippen LogP contribution is -2.64. The summed E-state index contributed by atoms with van der Waals surface area (Å²) < 4.78 is 52.8. The van der Waals surface area contributed by atoms with E-state index in [1.807, 2.05) is 0 Å². The van der Waals surface area contributed by atoms with Crippen LogP contribution in [0.25, 0.3) is 0 Å². The van der Waals surface area contributed by atoms with Crippen LogP contribution in [0.5, 0.6) is 0 Å². The average molecular weight is 340 g/mol. The third kappa shape index (κ3) is 3.73. The van der Waals surface area contributed by atoms with Gasteiger partial charge < -0.3 is 18.9 Å². The van der Waals surface area contributed by atoms with E-state index in [4.69, 9.17) is 23.1 Å². The van der Waals surface area contributed by atoms with E-state index in [-0.39, 0.29) is 6.61 Å². The molecule has 10 nitrogen and oxygen atoms in total. The van der Waals surface area contributed by atoms with Crippen molar-refractivity contribution in [1.82, 2.24) is 0 Å². The predicted octanol–water partition coefficient (Wildman–Crippen LogP) is -1.12. The van der Waals surface area contributed by atoms with Gasteiger partial charge in [-0.2, -0.15) is 8.42 Å². The van der Waals surface area contributed by atoms with Crippen molar-refractivity contribution in [2.75, 3.05) is 13.7 Å². The number of rotatable bonds is 3. The maximum Gasteiger partial charge on any atom is 0.400 e. The van der Waals surface area contributed by atoms with E-state index in [9.17, 15) is 18.0 Å². The van der Waals surface area contributed by atoms with Gasteiger partial charge in [-0.25, -0.2) is 8.37 Å². The first-order valence-electron chi connectivity index (χ1n) is 6.34. The molecule has 0 spiro atoms. The van der Waals surface area contributed by atoms with Crippen LogP contribution < -0.4 is 0 Å². The summed E-state index contributed by atoms with van der Waals surface area (Å²) in [6.07, 6.45) is -5.55. The molecule has 11 heteroatoms. The number of fused-ring (bicyclic) bond motifs is 1. The van der Waals surface area contributed by atoms with Crippen molar-refractivity contribution in [1.29, 1.82) is 0 Å². The van der Waals surface area contributed by atoms with Gasteiger partial charge in [0.2, 0.25) is 0 Å². The summed E-state index contributed by atoms with van der Waals surface area (Å²) in [5.74, 6) is -1.38. The Morgan fingerprint density at radius 2 is 1.68 bits per heavy atom. The van der Waals surface area contributed by atoms with Gasteiger partial charge in [0, 0.05) is 21.0 Å². The maximum atomic E-state index is 11.4. The molecule has 0 amide bonds. The molecule has 2 fully saturated rings. The fourth-order valence-electron chi connectivity index (χ4n) is 2.28. The molecule has 0 aromatic carbocycles. The van der Waals surface area contributed by atoms with Crippen LogP contribution in [0.15, 0.2) is 0 Å². The van der Waals surface area contributed by atoms with Gasteiger partial charge in [0.1, 0.15) is 12.2 Å². The van der Waals surface area contributed by atoms with E-state index >= 15 is 0 Å². The summed E-state index contributed by atoms with van der Waals surface area (Å²) in [6.45, 7) is 1.94. The molecule has 0 saturated carbocycles. The number of hydrogen-bond donors (Lipinski definition) is 0. The van der Waals surface area contributed by atoms with Crippen molar-refractivity contribution >= 4 is 22.3 Å². The molecule has 0 aromatic rings. The monoisotopic (exact) mass is 340 g/mol. The number of esters is 2. The number of hydrogen-bond acceptors (Lipinski definition) is 10. The fraction of sp³-hybridized carbons (Fsp3) is 0.818. The number of ether oxygens (including phenoxy) is 4. The Balaban J connectivity index is 2.33. The average Bonchev–Trinajstić information content (AvgIpc) is 2.40. The Hall–Kier alpha value is -1.27. The molecule has 0 unspecified atom stereocenters. The molecular weight excluding hydrogens is 324 g/mol. The number of carbonyl (C=O) groups is 2. The van der Waals surface area contributed by atoms with E-state index in [1.165, 1.54) is 7.11 Å². The maximum absolute atomic E-state index is 11.4. The second kappa shape index (κ2) is 6.46. The smallest absolute Gasteiger partial charge is 0.400 e. The minimum absolute atomic E-state index is 0.336. The lowest BCUT2D eigenvalue weighted by atomic mass is 9.98. The highest BCUT2D eigenvalue weighted by molar-refractivity contribution is 7.81. The Kier molecular flexibility index (Phi) is 5.02. The fourth-order valence-corrected chi connectivity index (χ4v) is 3.14. The zero-order valence-corrected chi connectivity index (χ0v) is 12.9. The normalized spacial score (nSPS) is 37.0. The van der Waals surface area contributed by atoms with Gasteiger partial charge in [-0.05, 0) is 0 Å². The molecule has 22 heavy (non-hydrogen) atoms. The van der Waals surface area contributed by atoms with E-state index in [2.05, 4.69) is 4.18 Å². The first kappa shape index (κ1) is 17.1. The van der Waals surface area contributed by atoms with E-state index < -0.39 is 53.0 Å². The molecule has 5 atom stereocenters. The van der Waals surface area contributed by atoms with Gasteiger partial charge in [0.05, 0.1) is 6.61 Å². The molecular formula is C11H16O10S. The first-order chi connectivity index (χ1) is 10.2. The molecule has 0 aliphatic carbocycles. The van der Waals surface area contributed by atoms with Crippen LogP contribution >= 0.6 is 0 Å². The molecule has 126 valence electrons. The van der Waals surface area contributed by atoms with Gasteiger partial charge in [-0.1, -0.05) is 0 Å². The quantitative estimate of drug-likeness (QED) is 0.583. The molecule has 0 radical (unpaired) electrons. The first-order valence-corrected chi connectivity index (χ1v) is 7.67. The van der Waals surface area contributed by atoms with Crippen molar-refractivity contribution in [2.24, 2.45) is 0 Å². The van der Waals surface area contributed by atoms with Crippen molar-refractivity contribution in [3.05, 3.63) is 0 Å². The summed E-state index contributed by atoms with van der Waals surface area (Å²) >= 11 is 0. The van der Waals surface area contributed by atoms with Crippen LogP contribution in [0, 0.1) is 0 Å². The third-order valence-corrected chi connectivity index (χ3v) is 3.92. The van der Waals surface area contributed by atoms with Crippen molar-refractivity contribution in [2.45, 2.75) is 44.6 Å². The zero-order valence-electron chi connectivity index (χ0n) is 12.1. The largest absolute Gasteiger partial charge is 0.455 e. The predicted molar refractivity (Wildman–Crippen MR) is 66.5 cm³/mol. The summed E-state index contributed by atoms with van der Waals surface area (Å²) in [5.41, 5.74) is 0. The summed E-state index contributed by atoms with van der Waals surface area (Å²) in [6, 6.07) is 0. The second-order valence-electron chi connectivity index (χ2n) is 4.68. The second-order valence-corrected chi connectivity index (χ2v) is 5.92. The van der Waals surface area contributed by atoms with Crippen LogP contribution in [-0.2, 0) is 47.3 Å². The summed E-state index contributed by atoms with van der Waals surface area (Å²) in [7, 11) is -2.95. The van der Waals surface area contributed by atoms with Crippen LogP contribution in [0.2, 0.25) is 0 Å². The highest BCUT2D eigenvalue weighted by Gasteiger charge is 2.54.